The van der Waals surface area contributed by atoms with E-state index in [-0.39, 0.29) is 11.9 Å². The van der Waals surface area contributed by atoms with Crippen LogP contribution in [0.1, 0.15) is 39.3 Å². The highest BCUT2D eigenvalue weighted by molar-refractivity contribution is 5.81. The Balaban J connectivity index is 2.08. The van der Waals surface area contributed by atoms with Gasteiger partial charge in [0.05, 0.1) is 0 Å². The standard InChI is InChI=1S/C16H22F3N3O/c1-15(2,3)14(23)21-11-5-4-8-22(10-11)12-6-7-20-13(9-12)16(17,18)19/h6-7,9,11H,4-5,8,10H2,1-3H3,(H,21,23). The molecule has 1 aliphatic heterocycles. The minimum absolute atomic E-state index is 0.0462. The van der Waals surface area contributed by atoms with Gasteiger partial charge in [-0.25, -0.2) is 0 Å². The Labute approximate surface area is 134 Å². The fourth-order valence-electron chi connectivity index (χ4n) is 2.50. The number of aromatic nitrogens is 1. The first kappa shape index (κ1) is 17.6. The number of alkyl halides is 3. The Morgan fingerprint density at radius 3 is 2.65 bits per heavy atom. The van der Waals surface area contributed by atoms with Crippen molar-refractivity contribution >= 4 is 11.6 Å². The lowest BCUT2D eigenvalue weighted by Crippen LogP contribution is -2.50. The molecule has 128 valence electrons. The molecule has 1 amide bonds. The van der Waals surface area contributed by atoms with Crippen molar-refractivity contribution in [2.24, 2.45) is 5.41 Å². The molecule has 1 atom stereocenters. The van der Waals surface area contributed by atoms with Crippen LogP contribution in [0.5, 0.6) is 0 Å². The van der Waals surface area contributed by atoms with Crippen LogP contribution in [-0.2, 0) is 11.0 Å². The van der Waals surface area contributed by atoms with E-state index in [9.17, 15) is 18.0 Å². The van der Waals surface area contributed by atoms with Crippen molar-refractivity contribution in [3.8, 4) is 0 Å². The van der Waals surface area contributed by atoms with Gasteiger partial charge in [-0.1, -0.05) is 20.8 Å². The lowest BCUT2D eigenvalue weighted by Gasteiger charge is -2.36. The summed E-state index contributed by atoms with van der Waals surface area (Å²) in [6, 6.07) is 2.58. The van der Waals surface area contributed by atoms with E-state index in [2.05, 4.69) is 10.3 Å². The minimum atomic E-state index is -4.45. The first-order valence-corrected chi connectivity index (χ1v) is 7.66. The van der Waals surface area contributed by atoms with Crippen LogP contribution in [0.15, 0.2) is 18.3 Å². The number of hydrogen-bond donors (Lipinski definition) is 1. The molecular weight excluding hydrogens is 307 g/mol. The van der Waals surface area contributed by atoms with Crippen molar-refractivity contribution in [3.05, 3.63) is 24.0 Å². The van der Waals surface area contributed by atoms with E-state index < -0.39 is 17.3 Å². The van der Waals surface area contributed by atoms with Gasteiger partial charge < -0.3 is 10.2 Å². The molecule has 0 radical (unpaired) electrons. The van der Waals surface area contributed by atoms with Gasteiger partial charge in [0.2, 0.25) is 5.91 Å². The third-order valence-electron chi connectivity index (χ3n) is 3.84. The number of anilines is 1. The van der Waals surface area contributed by atoms with Crippen molar-refractivity contribution in [2.75, 3.05) is 18.0 Å². The number of nitrogens with one attached hydrogen (secondary N) is 1. The van der Waals surface area contributed by atoms with Crippen LogP contribution >= 0.6 is 0 Å². The molecule has 1 saturated heterocycles. The zero-order chi connectivity index (χ0) is 17.3. The van der Waals surface area contributed by atoms with E-state index in [1.807, 2.05) is 25.7 Å². The molecule has 1 fully saturated rings. The minimum Gasteiger partial charge on any atom is -0.369 e. The predicted molar refractivity (Wildman–Crippen MR) is 82.1 cm³/mol. The van der Waals surface area contributed by atoms with E-state index in [4.69, 9.17) is 0 Å². The van der Waals surface area contributed by atoms with Crippen molar-refractivity contribution < 1.29 is 18.0 Å². The van der Waals surface area contributed by atoms with Crippen molar-refractivity contribution in [1.82, 2.24) is 10.3 Å². The highest BCUT2D eigenvalue weighted by atomic mass is 19.4. The molecule has 1 aliphatic rings. The van der Waals surface area contributed by atoms with E-state index in [0.29, 0.717) is 18.8 Å². The second-order valence-electron chi connectivity index (χ2n) is 6.91. The number of carbonyl (C=O) groups is 1. The summed E-state index contributed by atoms with van der Waals surface area (Å²) >= 11 is 0. The monoisotopic (exact) mass is 329 g/mol. The summed E-state index contributed by atoms with van der Waals surface area (Å²) in [5.41, 5.74) is -0.888. The maximum absolute atomic E-state index is 12.8. The number of halogens is 3. The Kier molecular flexibility index (Phi) is 4.87. The first-order chi connectivity index (χ1) is 10.6. The molecule has 2 heterocycles. The molecule has 1 aromatic heterocycles. The molecule has 0 aromatic carbocycles. The molecule has 4 nitrogen and oxygen atoms in total. The second-order valence-corrected chi connectivity index (χ2v) is 6.91. The van der Waals surface area contributed by atoms with Crippen molar-refractivity contribution in [1.29, 1.82) is 0 Å². The van der Waals surface area contributed by atoms with E-state index in [1.54, 1.807) is 6.07 Å². The van der Waals surface area contributed by atoms with Crippen LogP contribution in [0, 0.1) is 5.41 Å². The summed E-state index contributed by atoms with van der Waals surface area (Å²) in [6.07, 6.45) is -1.63. The molecule has 23 heavy (non-hydrogen) atoms. The topological polar surface area (TPSA) is 45.2 Å². The molecule has 0 saturated carbocycles. The average molecular weight is 329 g/mol. The second kappa shape index (κ2) is 6.37. The van der Waals surface area contributed by atoms with E-state index in [0.717, 1.165) is 18.9 Å². The van der Waals surface area contributed by atoms with Gasteiger partial charge in [-0.15, -0.1) is 0 Å². The number of hydrogen-bond acceptors (Lipinski definition) is 3. The summed E-state index contributed by atoms with van der Waals surface area (Å²) in [6.45, 7) is 6.68. The summed E-state index contributed by atoms with van der Waals surface area (Å²) in [7, 11) is 0. The first-order valence-electron chi connectivity index (χ1n) is 7.66. The van der Waals surface area contributed by atoms with E-state index >= 15 is 0 Å². The third-order valence-corrected chi connectivity index (χ3v) is 3.84. The number of piperidine rings is 1. The Morgan fingerprint density at radius 2 is 2.04 bits per heavy atom. The number of nitrogens with zero attached hydrogens (tertiary/aromatic N) is 2. The van der Waals surface area contributed by atoms with Crippen LogP contribution in [0.4, 0.5) is 18.9 Å². The highest BCUT2D eigenvalue weighted by Gasteiger charge is 2.33. The number of rotatable bonds is 2. The van der Waals surface area contributed by atoms with Gasteiger partial charge in [0.15, 0.2) is 0 Å². The maximum atomic E-state index is 12.8. The van der Waals surface area contributed by atoms with Crippen LogP contribution < -0.4 is 10.2 Å². The Morgan fingerprint density at radius 1 is 1.35 bits per heavy atom. The average Bonchev–Trinajstić information content (AvgIpc) is 2.46. The molecular formula is C16H22F3N3O. The van der Waals surface area contributed by atoms with Gasteiger partial charge in [-0.05, 0) is 25.0 Å². The third kappa shape index (κ3) is 4.59. The van der Waals surface area contributed by atoms with Crippen molar-refractivity contribution in [2.45, 2.75) is 45.8 Å². The predicted octanol–water partition coefficient (Wildman–Crippen LogP) is 3.23. The highest BCUT2D eigenvalue weighted by Crippen LogP contribution is 2.30. The zero-order valence-electron chi connectivity index (χ0n) is 13.6. The lowest BCUT2D eigenvalue weighted by molar-refractivity contribution is -0.141. The van der Waals surface area contributed by atoms with Gasteiger partial charge in [0.25, 0.3) is 0 Å². The molecule has 0 bridgehead atoms. The van der Waals surface area contributed by atoms with Gasteiger partial charge in [-0.3, -0.25) is 9.78 Å². The SMILES string of the molecule is CC(C)(C)C(=O)NC1CCCN(c2ccnc(C(F)(F)F)c2)C1. The molecule has 1 N–H and O–H groups in total. The van der Waals surface area contributed by atoms with Gasteiger partial charge >= 0.3 is 6.18 Å². The maximum Gasteiger partial charge on any atom is 0.433 e. The number of amides is 1. The molecule has 1 unspecified atom stereocenters. The largest absolute Gasteiger partial charge is 0.433 e. The Bertz CT molecular complexity index is 566. The van der Waals surface area contributed by atoms with Crippen LogP contribution in [0.3, 0.4) is 0 Å². The van der Waals surface area contributed by atoms with Crippen LogP contribution in [0.2, 0.25) is 0 Å². The van der Waals surface area contributed by atoms with E-state index in [1.165, 1.54) is 6.20 Å². The fraction of sp³-hybridized carbons (Fsp3) is 0.625. The molecule has 1 aromatic rings. The molecule has 0 spiro atoms. The Hall–Kier alpha value is -1.79. The number of carbonyl (C=O) groups excluding carboxylic acids is 1. The van der Waals surface area contributed by atoms with Gasteiger partial charge in [-0.2, -0.15) is 13.2 Å². The lowest BCUT2D eigenvalue weighted by atomic mass is 9.94. The number of pyridine rings is 1. The summed E-state index contributed by atoms with van der Waals surface area (Å²) in [5, 5.41) is 2.98. The smallest absolute Gasteiger partial charge is 0.369 e. The quantitative estimate of drug-likeness (QED) is 0.906. The normalized spacial score (nSPS) is 19.6. The zero-order valence-corrected chi connectivity index (χ0v) is 13.6. The fourth-order valence-corrected chi connectivity index (χ4v) is 2.50. The van der Waals surface area contributed by atoms with Crippen molar-refractivity contribution in [3.63, 3.8) is 0 Å². The molecule has 2 rings (SSSR count). The summed E-state index contributed by atoms with van der Waals surface area (Å²) in [5.74, 6) is -0.0462. The van der Waals surface area contributed by atoms with Crippen LogP contribution in [0.25, 0.3) is 0 Å². The van der Waals surface area contributed by atoms with Gasteiger partial charge in [0, 0.05) is 36.4 Å². The summed E-state index contributed by atoms with van der Waals surface area (Å²) in [4.78, 5) is 17.3. The molecule has 7 heteroatoms. The van der Waals surface area contributed by atoms with Gasteiger partial charge in [0.1, 0.15) is 5.69 Å². The van der Waals surface area contributed by atoms with Crippen LogP contribution in [-0.4, -0.2) is 30.0 Å². The molecule has 0 aliphatic carbocycles. The summed E-state index contributed by atoms with van der Waals surface area (Å²) < 4.78 is 38.3.